The average molecular weight is 644 g/mol. The van der Waals surface area contributed by atoms with Crippen LogP contribution in [0.4, 0.5) is 0 Å². The molecule has 1 aliphatic heterocycles. The summed E-state index contributed by atoms with van der Waals surface area (Å²) in [6.45, 7) is 13.6. The van der Waals surface area contributed by atoms with Crippen molar-refractivity contribution in [2.75, 3.05) is 40.4 Å². The molecule has 2 aliphatic rings. The molecular formula is C38H53N5O4. The lowest BCUT2D eigenvalue weighted by molar-refractivity contribution is -0.138. The van der Waals surface area contributed by atoms with Crippen molar-refractivity contribution in [2.45, 2.75) is 65.7 Å². The third-order valence-corrected chi connectivity index (χ3v) is 8.48. The fraction of sp³-hybridized carbons (Fsp3) is 0.447. The highest BCUT2D eigenvalue weighted by Gasteiger charge is 2.28. The molecule has 9 nitrogen and oxygen atoms in total. The Labute approximate surface area is 281 Å². The Hall–Kier alpha value is -4.53. The zero-order valence-electron chi connectivity index (χ0n) is 28.9. The van der Waals surface area contributed by atoms with Gasteiger partial charge in [-0.2, -0.15) is 5.10 Å². The Kier molecular flexibility index (Phi) is 15.1. The van der Waals surface area contributed by atoms with Gasteiger partial charge in [0.05, 0.1) is 19.9 Å². The van der Waals surface area contributed by atoms with Gasteiger partial charge in [0.1, 0.15) is 0 Å². The summed E-state index contributed by atoms with van der Waals surface area (Å²) in [4.78, 5) is 28.6. The molecule has 2 heterocycles. The largest absolute Gasteiger partial charge is 0.493 e. The fourth-order valence-electron chi connectivity index (χ4n) is 5.97. The van der Waals surface area contributed by atoms with Crippen LogP contribution in [-0.4, -0.2) is 71.8 Å². The second-order valence-electron chi connectivity index (χ2n) is 11.6. The quantitative estimate of drug-likeness (QED) is 0.256. The molecule has 0 unspecified atom stereocenters. The topological polar surface area (TPSA) is 103 Å². The lowest BCUT2D eigenvalue weighted by atomic mass is 9.88. The summed E-state index contributed by atoms with van der Waals surface area (Å²) in [7, 11) is 3.16. The molecule has 1 saturated carbocycles. The number of amides is 2. The van der Waals surface area contributed by atoms with Crippen molar-refractivity contribution in [1.29, 1.82) is 0 Å². The molecule has 2 aromatic rings. The monoisotopic (exact) mass is 643 g/mol. The maximum absolute atomic E-state index is 12.6. The van der Waals surface area contributed by atoms with Gasteiger partial charge in [-0.1, -0.05) is 70.1 Å². The maximum atomic E-state index is 12.6. The van der Waals surface area contributed by atoms with Crippen molar-refractivity contribution in [3.05, 3.63) is 96.0 Å². The summed E-state index contributed by atoms with van der Waals surface area (Å²) < 4.78 is 12.3. The smallest absolute Gasteiger partial charge is 0.269 e. The maximum Gasteiger partial charge on any atom is 0.269 e. The van der Waals surface area contributed by atoms with E-state index in [4.69, 9.17) is 15.2 Å². The molecule has 2 amide bonds. The van der Waals surface area contributed by atoms with Crippen molar-refractivity contribution in [3.63, 3.8) is 0 Å². The highest BCUT2D eigenvalue weighted by Crippen LogP contribution is 2.31. The van der Waals surface area contributed by atoms with E-state index in [0.717, 1.165) is 62.4 Å². The zero-order valence-corrected chi connectivity index (χ0v) is 28.9. The van der Waals surface area contributed by atoms with Gasteiger partial charge >= 0.3 is 0 Å². The number of aromatic nitrogens is 2. The number of nitrogens with two attached hydrogens (primary N) is 1. The van der Waals surface area contributed by atoms with Crippen molar-refractivity contribution in [3.8, 4) is 11.5 Å². The zero-order chi connectivity index (χ0) is 34.2. The second kappa shape index (κ2) is 19.2. The first kappa shape index (κ1) is 36.9. The Morgan fingerprint density at radius 3 is 2.23 bits per heavy atom. The van der Waals surface area contributed by atoms with Crippen LogP contribution in [0.25, 0.3) is 5.70 Å². The summed E-state index contributed by atoms with van der Waals surface area (Å²) in [6.07, 6.45) is 21.9. The van der Waals surface area contributed by atoms with Crippen LogP contribution in [0.3, 0.4) is 0 Å². The van der Waals surface area contributed by atoms with Crippen LogP contribution in [0.2, 0.25) is 0 Å². The third kappa shape index (κ3) is 10.2. The second-order valence-corrected chi connectivity index (χ2v) is 11.6. The lowest BCUT2D eigenvalue weighted by Crippen LogP contribution is -2.50. The number of nitrogens with zero attached hydrogens (tertiary/aromatic N) is 4. The number of piperazine rings is 1. The number of allylic oxidation sites excluding steroid dienone is 7. The molecule has 2 N–H and O–H groups in total. The number of aryl methyl sites for hydroxylation is 1. The van der Waals surface area contributed by atoms with Gasteiger partial charge in [-0.15, -0.1) is 0 Å². The number of ether oxygens (including phenoxy) is 2. The molecule has 1 aromatic heterocycles. The standard InChI is InChI=1S/C20H32N2O.C18H21N3O3/c1-3-5-7-13-19(10-4-2)21-14-16-22(17-15-21)20(23)18-11-8-6-9-12-18;1-5-7-15(12-8-9-16(23-3)17(10-12)24-4)21-13(6-2)11-14(20-21)18(19)22/h3,5,7,10,13,18H,4,6,8-9,11-12,14-17H2,1-2H3;5,7-11H,1,6H2,2-4H3,(H2,19,22)/b5-3-,13-7-,19-10-;15-7-. The molecule has 1 aliphatic carbocycles. The van der Waals surface area contributed by atoms with E-state index in [9.17, 15) is 9.59 Å². The minimum Gasteiger partial charge on any atom is -0.493 e. The van der Waals surface area contributed by atoms with Gasteiger partial charge in [0.15, 0.2) is 17.2 Å². The summed E-state index contributed by atoms with van der Waals surface area (Å²) >= 11 is 0. The molecule has 1 aromatic carbocycles. The minimum atomic E-state index is -0.561. The van der Waals surface area contributed by atoms with Gasteiger partial charge in [0.2, 0.25) is 5.91 Å². The molecule has 0 radical (unpaired) electrons. The predicted octanol–water partition coefficient (Wildman–Crippen LogP) is 6.77. The van der Waals surface area contributed by atoms with E-state index in [2.05, 4.69) is 52.7 Å². The number of carbonyl (C=O) groups excluding carboxylic acids is 2. The van der Waals surface area contributed by atoms with E-state index < -0.39 is 5.91 Å². The highest BCUT2D eigenvalue weighted by molar-refractivity contribution is 5.91. The van der Waals surface area contributed by atoms with Gasteiger partial charge in [-0.3, -0.25) is 9.59 Å². The van der Waals surface area contributed by atoms with Crippen LogP contribution in [0.15, 0.2) is 79.1 Å². The molecule has 254 valence electrons. The first-order valence-corrected chi connectivity index (χ1v) is 16.8. The van der Waals surface area contributed by atoms with Gasteiger partial charge in [0.25, 0.3) is 5.91 Å². The number of hydrogen-bond acceptors (Lipinski definition) is 6. The van der Waals surface area contributed by atoms with Crippen LogP contribution < -0.4 is 15.2 Å². The summed E-state index contributed by atoms with van der Waals surface area (Å²) in [5.74, 6) is 1.39. The molecule has 0 atom stereocenters. The number of benzene rings is 1. The molecule has 4 rings (SSSR count). The number of hydrogen-bond donors (Lipinski definition) is 1. The Morgan fingerprint density at radius 2 is 1.66 bits per heavy atom. The Balaban J connectivity index is 0.000000256. The van der Waals surface area contributed by atoms with Gasteiger partial charge in [0, 0.05) is 49.1 Å². The van der Waals surface area contributed by atoms with E-state index in [-0.39, 0.29) is 5.69 Å². The minimum absolute atomic E-state index is 0.224. The van der Waals surface area contributed by atoms with Crippen molar-refractivity contribution in [2.24, 2.45) is 11.7 Å². The van der Waals surface area contributed by atoms with Crippen LogP contribution in [0, 0.1) is 5.92 Å². The van der Waals surface area contributed by atoms with Crippen LogP contribution in [-0.2, 0) is 11.2 Å². The number of methoxy groups -OCH3 is 2. The SMILES string of the molecule is C=C/C=C(/c1ccc(OC)c(OC)c1)n1nc(C(N)=O)cc1CC.C\C=C/C=C\C(=C\CC)N1CCN(C(=O)C2CCCCC2)CC1. The molecule has 0 spiro atoms. The van der Waals surface area contributed by atoms with E-state index in [1.165, 1.54) is 25.0 Å². The van der Waals surface area contributed by atoms with Crippen LogP contribution in [0.1, 0.15) is 81.0 Å². The summed E-state index contributed by atoms with van der Waals surface area (Å²) in [6, 6.07) is 7.25. The number of carbonyl (C=O) groups is 2. The predicted molar refractivity (Wildman–Crippen MR) is 190 cm³/mol. The highest BCUT2D eigenvalue weighted by atomic mass is 16.5. The molecule has 2 fully saturated rings. The molecule has 47 heavy (non-hydrogen) atoms. The Morgan fingerprint density at radius 1 is 0.979 bits per heavy atom. The first-order valence-electron chi connectivity index (χ1n) is 16.8. The molecule has 0 bridgehead atoms. The first-order chi connectivity index (χ1) is 22.8. The van der Waals surface area contributed by atoms with Crippen molar-refractivity contribution >= 4 is 17.5 Å². The van der Waals surface area contributed by atoms with Crippen LogP contribution in [0.5, 0.6) is 11.5 Å². The van der Waals surface area contributed by atoms with Gasteiger partial charge in [-0.05, 0) is 69.0 Å². The third-order valence-electron chi connectivity index (χ3n) is 8.48. The number of primary amides is 1. The number of rotatable bonds is 12. The Bertz CT molecular complexity index is 1450. The van der Waals surface area contributed by atoms with Crippen LogP contribution >= 0.6 is 0 Å². The van der Waals surface area contributed by atoms with Gasteiger partial charge < -0.3 is 25.0 Å². The van der Waals surface area contributed by atoms with E-state index in [0.29, 0.717) is 29.7 Å². The van der Waals surface area contributed by atoms with Crippen molar-refractivity contribution < 1.29 is 19.1 Å². The van der Waals surface area contributed by atoms with E-state index in [1.807, 2.05) is 44.2 Å². The average Bonchev–Trinajstić information content (AvgIpc) is 3.55. The summed E-state index contributed by atoms with van der Waals surface area (Å²) in [5, 5.41) is 4.33. The van der Waals surface area contributed by atoms with Gasteiger partial charge in [-0.25, -0.2) is 4.68 Å². The molecule has 9 heteroatoms. The molecule has 1 saturated heterocycles. The lowest BCUT2D eigenvalue weighted by Gasteiger charge is -2.38. The van der Waals surface area contributed by atoms with E-state index >= 15 is 0 Å². The van der Waals surface area contributed by atoms with E-state index in [1.54, 1.807) is 31.0 Å². The molecular weight excluding hydrogens is 590 g/mol. The van der Waals surface area contributed by atoms with Crippen molar-refractivity contribution in [1.82, 2.24) is 19.6 Å². The fourth-order valence-corrected chi connectivity index (χ4v) is 5.97. The normalized spacial score (nSPS) is 16.3. The summed E-state index contributed by atoms with van der Waals surface area (Å²) in [5.41, 5.74) is 9.34.